The van der Waals surface area contributed by atoms with Crippen LogP contribution in [0.15, 0.2) is 53.6 Å². The highest BCUT2D eigenvalue weighted by Crippen LogP contribution is 2.09. The van der Waals surface area contributed by atoms with E-state index in [0.717, 1.165) is 6.20 Å². The molecule has 1 heterocycles. The lowest BCUT2D eigenvalue weighted by molar-refractivity contribution is 0.0519. The monoisotopic (exact) mass is 334 g/mol. The van der Waals surface area contributed by atoms with E-state index in [-0.39, 0.29) is 22.8 Å². The highest BCUT2D eigenvalue weighted by atomic mass is 32.2. The molecule has 0 saturated heterocycles. The Morgan fingerprint density at radius 3 is 2.39 bits per heavy atom. The van der Waals surface area contributed by atoms with Gasteiger partial charge >= 0.3 is 5.97 Å². The first kappa shape index (κ1) is 16.6. The number of benzene rings is 1. The van der Waals surface area contributed by atoms with E-state index in [1.165, 1.54) is 24.3 Å². The SMILES string of the molecule is CCOC(=O)c1ccc(C(=O)NS(=O)(=O)c2ccccc2)cn1. The molecular formula is C15H14N2O5S. The van der Waals surface area contributed by atoms with Gasteiger partial charge in [-0.3, -0.25) is 4.79 Å². The van der Waals surface area contributed by atoms with Gasteiger partial charge in [0, 0.05) is 6.20 Å². The molecule has 8 heteroatoms. The van der Waals surface area contributed by atoms with Crippen LogP contribution in [-0.2, 0) is 14.8 Å². The summed E-state index contributed by atoms with van der Waals surface area (Å²) in [5, 5.41) is 0. The fraction of sp³-hybridized carbons (Fsp3) is 0.133. The van der Waals surface area contributed by atoms with Crippen LogP contribution in [0, 0.1) is 0 Å². The largest absolute Gasteiger partial charge is 0.461 e. The van der Waals surface area contributed by atoms with Gasteiger partial charge in [0.05, 0.1) is 17.1 Å². The Balaban J connectivity index is 2.14. The predicted molar refractivity (Wildman–Crippen MR) is 81.3 cm³/mol. The molecule has 23 heavy (non-hydrogen) atoms. The molecule has 1 aromatic heterocycles. The summed E-state index contributed by atoms with van der Waals surface area (Å²) < 4.78 is 30.8. The van der Waals surface area contributed by atoms with E-state index in [2.05, 4.69) is 4.98 Å². The van der Waals surface area contributed by atoms with Crippen molar-refractivity contribution in [3.05, 3.63) is 59.9 Å². The van der Waals surface area contributed by atoms with Crippen molar-refractivity contribution in [2.24, 2.45) is 0 Å². The second-order valence-corrected chi connectivity index (χ2v) is 6.08. The number of carbonyl (C=O) groups excluding carboxylic acids is 2. The molecule has 0 bridgehead atoms. The van der Waals surface area contributed by atoms with Gasteiger partial charge in [0.25, 0.3) is 15.9 Å². The van der Waals surface area contributed by atoms with Crippen molar-refractivity contribution < 1.29 is 22.7 Å². The summed E-state index contributed by atoms with van der Waals surface area (Å²) in [4.78, 5) is 27.2. The van der Waals surface area contributed by atoms with E-state index in [9.17, 15) is 18.0 Å². The van der Waals surface area contributed by atoms with E-state index in [1.54, 1.807) is 25.1 Å². The van der Waals surface area contributed by atoms with Crippen molar-refractivity contribution >= 4 is 21.9 Å². The molecule has 0 saturated carbocycles. The predicted octanol–water partition coefficient (Wildman–Crippen LogP) is 1.38. The van der Waals surface area contributed by atoms with Crippen LogP contribution in [0.5, 0.6) is 0 Å². The fourth-order valence-electron chi connectivity index (χ4n) is 1.69. The van der Waals surface area contributed by atoms with Crippen LogP contribution < -0.4 is 4.72 Å². The summed E-state index contributed by atoms with van der Waals surface area (Å²) >= 11 is 0. The molecule has 0 aliphatic rings. The molecule has 0 aliphatic heterocycles. The number of hydrogen-bond donors (Lipinski definition) is 1. The molecule has 1 amide bonds. The highest BCUT2D eigenvalue weighted by Gasteiger charge is 2.19. The Bertz CT molecular complexity index is 802. The number of nitrogens with zero attached hydrogens (tertiary/aromatic N) is 1. The lowest BCUT2D eigenvalue weighted by atomic mass is 10.2. The topological polar surface area (TPSA) is 102 Å². The number of aromatic nitrogens is 1. The molecule has 1 N–H and O–H groups in total. The van der Waals surface area contributed by atoms with Crippen molar-refractivity contribution in [1.29, 1.82) is 0 Å². The number of rotatable bonds is 5. The molecule has 0 spiro atoms. The van der Waals surface area contributed by atoms with Crippen molar-refractivity contribution in [3.8, 4) is 0 Å². The second kappa shape index (κ2) is 7.01. The fourth-order valence-corrected chi connectivity index (χ4v) is 2.69. The van der Waals surface area contributed by atoms with Crippen molar-refractivity contribution in [2.45, 2.75) is 11.8 Å². The minimum Gasteiger partial charge on any atom is -0.461 e. The number of hydrogen-bond acceptors (Lipinski definition) is 6. The minimum absolute atomic E-state index is 0.0116. The van der Waals surface area contributed by atoms with Gasteiger partial charge in [-0.1, -0.05) is 18.2 Å². The Morgan fingerprint density at radius 2 is 1.83 bits per heavy atom. The minimum atomic E-state index is -3.96. The van der Waals surface area contributed by atoms with E-state index in [1.807, 2.05) is 4.72 Å². The second-order valence-electron chi connectivity index (χ2n) is 4.40. The first-order valence-corrected chi connectivity index (χ1v) is 8.17. The average molecular weight is 334 g/mol. The molecule has 1 aromatic carbocycles. The summed E-state index contributed by atoms with van der Waals surface area (Å²) in [5.41, 5.74) is 0.0480. The number of carbonyl (C=O) groups is 2. The zero-order chi connectivity index (χ0) is 16.9. The first-order valence-electron chi connectivity index (χ1n) is 6.69. The van der Waals surface area contributed by atoms with Crippen LogP contribution in [0.3, 0.4) is 0 Å². The van der Waals surface area contributed by atoms with Gasteiger partial charge in [0.1, 0.15) is 5.69 Å². The first-order chi connectivity index (χ1) is 10.9. The molecule has 7 nitrogen and oxygen atoms in total. The van der Waals surface area contributed by atoms with Gasteiger partial charge in [-0.2, -0.15) is 0 Å². The zero-order valence-corrected chi connectivity index (χ0v) is 13.0. The molecule has 2 aromatic rings. The molecule has 0 atom stereocenters. The van der Waals surface area contributed by atoms with Crippen LogP contribution in [0.25, 0.3) is 0 Å². The summed E-state index contributed by atoms with van der Waals surface area (Å²) in [7, 11) is -3.96. The van der Waals surface area contributed by atoms with Crippen LogP contribution in [0.1, 0.15) is 27.8 Å². The van der Waals surface area contributed by atoms with E-state index in [4.69, 9.17) is 4.74 Å². The molecule has 0 aliphatic carbocycles. The molecular weight excluding hydrogens is 320 g/mol. The number of sulfonamides is 1. The Labute approximate surface area is 133 Å². The number of esters is 1. The third kappa shape index (κ3) is 4.13. The van der Waals surface area contributed by atoms with Gasteiger partial charge in [-0.15, -0.1) is 0 Å². The van der Waals surface area contributed by atoms with Crippen molar-refractivity contribution in [2.75, 3.05) is 6.61 Å². The standard InChI is InChI=1S/C15H14N2O5S/c1-2-22-15(19)13-9-8-11(10-16-13)14(18)17-23(20,21)12-6-4-3-5-7-12/h3-10H,2H2,1H3,(H,17,18). The van der Waals surface area contributed by atoms with E-state index in [0.29, 0.717) is 0 Å². The zero-order valence-electron chi connectivity index (χ0n) is 12.2. The summed E-state index contributed by atoms with van der Waals surface area (Å²) in [6.07, 6.45) is 1.11. The number of ether oxygens (including phenoxy) is 1. The molecule has 2 rings (SSSR count). The van der Waals surface area contributed by atoms with E-state index < -0.39 is 21.9 Å². The van der Waals surface area contributed by atoms with Crippen molar-refractivity contribution in [3.63, 3.8) is 0 Å². The van der Waals surface area contributed by atoms with Gasteiger partial charge < -0.3 is 4.74 Å². The number of pyridine rings is 1. The van der Waals surface area contributed by atoms with Gasteiger partial charge in [0.15, 0.2) is 0 Å². The maximum atomic E-state index is 12.0. The third-order valence-electron chi connectivity index (χ3n) is 2.79. The maximum absolute atomic E-state index is 12.0. The number of amides is 1. The van der Waals surface area contributed by atoms with Gasteiger partial charge in [-0.05, 0) is 31.2 Å². The maximum Gasteiger partial charge on any atom is 0.356 e. The Hall–Kier alpha value is -2.74. The molecule has 120 valence electrons. The molecule has 0 unspecified atom stereocenters. The lowest BCUT2D eigenvalue weighted by Crippen LogP contribution is -2.30. The summed E-state index contributed by atoms with van der Waals surface area (Å²) in [5.74, 6) is -1.45. The molecule has 0 radical (unpaired) electrons. The smallest absolute Gasteiger partial charge is 0.356 e. The summed E-state index contributed by atoms with van der Waals surface area (Å²) in [6.45, 7) is 1.87. The Kier molecular flexibility index (Phi) is 5.07. The van der Waals surface area contributed by atoms with Crippen LogP contribution in [-0.4, -0.2) is 31.9 Å². The van der Waals surface area contributed by atoms with Crippen LogP contribution >= 0.6 is 0 Å². The highest BCUT2D eigenvalue weighted by molar-refractivity contribution is 7.90. The third-order valence-corrected chi connectivity index (χ3v) is 4.14. The van der Waals surface area contributed by atoms with E-state index >= 15 is 0 Å². The van der Waals surface area contributed by atoms with Crippen molar-refractivity contribution in [1.82, 2.24) is 9.71 Å². The average Bonchev–Trinajstić information content (AvgIpc) is 2.55. The lowest BCUT2D eigenvalue weighted by Gasteiger charge is -2.07. The summed E-state index contributed by atoms with van der Waals surface area (Å²) in [6, 6.07) is 10.1. The number of nitrogens with one attached hydrogen (secondary N) is 1. The normalized spacial score (nSPS) is 10.8. The van der Waals surface area contributed by atoms with Crippen LogP contribution in [0.4, 0.5) is 0 Å². The van der Waals surface area contributed by atoms with Crippen LogP contribution in [0.2, 0.25) is 0 Å². The molecule has 0 fully saturated rings. The Morgan fingerprint density at radius 1 is 1.13 bits per heavy atom. The quantitative estimate of drug-likeness (QED) is 0.829. The van der Waals surface area contributed by atoms with Gasteiger partial charge in [-0.25, -0.2) is 22.9 Å². The van der Waals surface area contributed by atoms with Gasteiger partial charge in [0.2, 0.25) is 0 Å².